The second-order valence-electron chi connectivity index (χ2n) is 7.88. The smallest absolute Gasteiger partial charge is 0.328 e. The monoisotopic (exact) mass is 401 g/mol. The first kappa shape index (κ1) is 21.1. The molecule has 0 aliphatic carbocycles. The predicted octanol–water partition coefficient (Wildman–Crippen LogP) is 3.18. The van der Waals surface area contributed by atoms with Gasteiger partial charge in [-0.1, -0.05) is 12.1 Å². The molecule has 2 atom stereocenters. The Bertz CT molecular complexity index is 751. The minimum atomic E-state index is -0.493. The molecule has 2 unspecified atom stereocenters. The Morgan fingerprint density at radius 2 is 1.97 bits per heavy atom. The Morgan fingerprint density at radius 3 is 2.72 bits per heavy atom. The van der Waals surface area contributed by atoms with E-state index in [2.05, 4.69) is 5.32 Å². The molecular weight excluding hydrogens is 370 g/mol. The molecule has 7 nitrogen and oxygen atoms in total. The maximum absolute atomic E-state index is 13.2. The summed E-state index contributed by atoms with van der Waals surface area (Å²) in [5, 5.41) is 2.92. The van der Waals surface area contributed by atoms with E-state index in [1.807, 2.05) is 31.2 Å². The summed E-state index contributed by atoms with van der Waals surface area (Å²) in [6.07, 6.45) is 3.97. The zero-order valence-electron chi connectivity index (χ0n) is 17.4. The van der Waals surface area contributed by atoms with Gasteiger partial charge in [0, 0.05) is 25.3 Å². The molecule has 158 valence electrons. The largest absolute Gasteiger partial charge is 0.464 e. The van der Waals surface area contributed by atoms with Crippen LogP contribution in [-0.4, -0.2) is 60.0 Å². The molecule has 7 heteroatoms. The third-order valence-electron chi connectivity index (χ3n) is 5.67. The molecule has 0 spiro atoms. The molecule has 0 radical (unpaired) electrons. The molecule has 29 heavy (non-hydrogen) atoms. The zero-order chi connectivity index (χ0) is 20.8. The number of benzene rings is 1. The minimum absolute atomic E-state index is 0.0317. The van der Waals surface area contributed by atoms with Gasteiger partial charge in [-0.25, -0.2) is 9.59 Å². The molecule has 0 bridgehead atoms. The highest BCUT2D eigenvalue weighted by Crippen LogP contribution is 2.25. The highest BCUT2D eigenvalue weighted by molar-refractivity contribution is 5.91. The van der Waals surface area contributed by atoms with Crippen LogP contribution >= 0.6 is 0 Å². The summed E-state index contributed by atoms with van der Waals surface area (Å²) < 4.78 is 5.18. The lowest BCUT2D eigenvalue weighted by Crippen LogP contribution is -2.54. The standard InChI is InChI=1S/C22H31N3O4/c1-3-29-21(27)19-11-4-5-13-25(19)20(26)17-9-7-12-24(15-17)22(28)23-18-10-6-8-16(2)14-18/h6,8,10,14,17,19H,3-5,7,9,11-13,15H2,1-2H3,(H,23,28). The fraction of sp³-hybridized carbons (Fsp3) is 0.591. The van der Waals surface area contributed by atoms with Crippen LogP contribution in [0.5, 0.6) is 0 Å². The fourth-order valence-corrected chi connectivity index (χ4v) is 4.20. The number of carbonyl (C=O) groups excluding carboxylic acids is 3. The zero-order valence-corrected chi connectivity index (χ0v) is 17.4. The molecule has 2 fully saturated rings. The van der Waals surface area contributed by atoms with Gasteiger partial charge >= 0.3 is 12.0 Å². The molecule has 0 aromatic heterocycles. The van der Waals surface area contributed by atoms with Crippen molar-refractivity contribution in [1.29, 1.82) is 0 Å². The number of rotatable bonds is 4. The summed E-state index contributed by atoms with van der Waals surface area (Å²) in [7, 11) is 0. The Labute approximate surface area is 172 Å². The summed E-state index contributed by atoms with van der Waals surface area (Å²) in [5.74, 6) is -0.622. The average Bonchev–Trinajstić information content (AvgIpc) is 2.73. The highest BCUT2D eigenvalue weighted by Gasteiger charge is 2.38. The van der Waals surface area contributed by atoms with Crippen molar-refractivity contribution in [1.82, 2.24) is 9.80 Å². The highest BCUT2D eigenvalue weighted by atomic mass is 16.5. The number of anilines is 1. The summed E-state index contributed by atoms with van der Waals surface area (Å²) in [6.45, 7) is 5.65. The molecule has 1 aromatic carbocycles. The summed E-state index contributed by atoms with van der Waals surface area (Å²) >= 11 is 0. The van der Waals surface area contributed by atoms with Crippen LogP contribution in [-0.2, 0) is 14.3 Å². The Kier molecular flexibility index (Phi) is 7.12. The first-order valence-corrected chi connectivity index (χ1v) is 10.6. The lowest BCUT2D eigenvalue weighted by molar-refractivity contribution is -0.158. The van der Waals surface area contributed by atoms with Crippen LogP contribution in [0.15, 0.2) is 24.3 Å². The molecule has 3 rings (SSSR count). The topological polar surface area (TPSA) is 79.0 Å². The van der Waals surface area contributed by atoms with Crippen molar-refractivity contribution in [2.75, 3.05) is 31.6 Å². The molecule has 2 aliphatic heterocycles. The number of nitrogens with zero attached hydrogens (tertiary/aromatic N) is 2. The van der Waals surface area contributed by atoms with Gasteiger partial charge in [-0.2, -0.15) is 0 Å². The van der Waals surface area contributed by atoms with Crippen LogP contribution in [0.3, 0.4) is 0 Å². The SMILES string of the molecule is CCOC(=O)C1CCCCN1C(=O)C1CCCN(C(=O)Nc2cccc(C)c2)C1. The number of urea groups is 1. The van der Waals surface area contributed by atoms with Gasteiger partial charge in [0.05, 0.1) is 12.5 Å². The Morgan fingerprint density at radius 1 is 1.14 bits per heavy atom. The second-order valence-corrected chi connectivity index (χ2v) is 7.88. The summed E-state index contributed by atoms with van der Waals surface area (Å²) in [6, 6.07) is 6.97. The number of nitrogens with one attached hydrogen (secondary N) is 1. The van der Waals surface area contributed by atoms with Gasteiger partial charge in [0.25, 0.3) is 0 Å². The summed E-state index contributed by atoms with van der Waals surface area (Å²) in [5.41, 5.74) is 1.83. The number of piperidine rings is 2. The van der Waals surface area contributed by atoms with Crippen molar-refractivity contribution in [2.24, 2.45) is 5.92 Å². The quantitative estimate of drug-likeness (QED) is 0.786. The van der Waals surface area contributed by atoms with Gasteiger partial charge in [-0.05, 0) is 63.6 Å². The van der Waals surface area contributed by atoms with Crippen molar-refractivity contribution in [3.63, 3.8) is 0 Å². The van der Waals surface area contributed by atoms with Crippen molar-refractivity contribution < 1.29 is 19.1 Å². The van der Waals surface area contributed by atoms with Gasteiger partial charge in [0.2, 0.25) is 5.91 Å². The van der Waals surface area contributed by atoms with Gasteiger partial charge in [-0.3, -0.25) is 4.79 Å². The van der Waals surface area contributed by atoms with Crippen molar-refractivity contribution in [2.45, 2.75) is 52.0 Å². The first-order valence-electron chi connectivity index (χ1n) is 10.6. The number of hydrogen-bond acceptors (Lipinski definition) is 4. The first-order chi connectivity index (χ1) is 14.0. The Hall–Kier alpha value is -2.57. The van der Waals surface area contributed by atoms with Gasteiger partial charge < -0.3 is 19.9 Å². The number of aryl methyl sites for hydroxylation is 1. The van der Waals surface area contributed by atoms with Gasteiger partial charge in [0.1, 0.15) is 6.04 Å². The molecule has 1 aromatic rings. The molecule has 2 saturated heterocycles. The lowest BCUT2D eigenvalue weighted by atomic mass is 9.93. The molecule has 3 amide bonds. The van der Waals surface area contributed by atoms with Crippen LogP contribution in [0.2, 0.25) is 0 Å². The molecule has 0 saturated carbocycles. The number of likely N-dealkylation sites (tertiary alicyclic amines) is 2. The maximum atomic E-state index is 13.2. The van der Waals surface area contributed by atoms with Gasteiger partial charge in [-0.15, -0.1) is 0 Å². The van der Waals surface area contributed by atoms with E-state index in [-0.39, 0.29) is 23.8 Å². The van der Waals surface area contributed by atoms with Gasteiger partial charge in [0.15, 0.2) is 0 Å². The van der Waals surface area contributed by atoms with E-state index in [1.54, 1.807) is 16.7 Å². The average molecular weight is 402 g/mol. The van der Waals surface area contributed by atoms with Crippen molar-refractivity contribution in [3.05, 3.63) is 29.8 Å². The summed E-state index contributed by atoms with van der Waals surface area (Å²) in [4.78, 5) is 41.6. The third-order valence-corrected chi connectivity index (χ3v) is 5.67. The number of esters is 1. The normalized spacial score (nSPS) is 22.1. The minimum Gasteiger partial charge on any atom is -0.464 e. The maximum Gasteiger partial charge on any atom is 0.328 e. The van der Waals surface area contributed by atoms with E-state index >= 15 is 0 Å². The van der Waals surface area contributed by atoms with Crippen LogP contribution in [0.4, 0.5) is 10.5 Å². The van der Waals surface area contributed by atoms with E-state index < -0.39 is 6.04 Å². The number of carbonyl (C=O) groups is 3. The predicted molar refractivity (Wildman–Crippen MR) is 110 cm³/mol. The molecule has 2 aliphatic rings. The Balaban J connectivity index is 1.63. The van der Waals surface area contributed by atoms with Crippen molar-refractivity contribution >= 4 is 23.6 Å². The van der Waals surface area contributed by atoms with E-state index in [0.717, 1.165) is 36.9 Å². The molecular formula is C22H31N3O4. The van der Waals surface area contributed by atoms with E-state index in [4.69, 9.17) is 4.74 Å². The van der Waals surface area contributed by atoms with Crippen LogP contribution in [0, 0.1) is 12.8 Å². The van der Waals surface area contributed by atoms with Crippen molar-refractivity contribution in [3.8, 4) is 0 Å². The van der Waals surface area contributed by atoms with Crippen LogP contribution in [0.1, 0.15) is 44.6 Å². The number of amides is 3. The molecule has 2 heterocycles. The lowest BCUT2D eigenvalue weighted by Gasteiger charge is -2.39. The van der Waals surface area contributed by atoms with Crippen LogP contribution < -0.4 is 5.32 Å². The van der Waals surface area contributed by atoms with E-state index in [1.165, 1.54) is 0 Å². The van der Waals surface area contributed by atoms with Crippen LogP contribution in [0.25, 0.3) is 0 Å². The number of hydrogen-bond donors (Lipinski definition) is 1. The number of ether oxygens (including phenoxy) is 1. The second kappa shape index (κ2) is 9.76. The third kappa shape index (κ3) is 5.28. The van der Waals surface area contributed by atoms with E-state index in [9.17, 15) is 14.4 Å². The molecule has 1 N–H and O–H groups in total. The van der Waals surface area contributed by atoms with E-state index in [0.29, 0.717) is 32.7 Å². The fourth-order valence-electron chi connectivity index (χ4n) is 4.20.